The highest BCUT2D eigenvalue weighted by Crippen LogP contribution is 2.63. The van der Waals surface area contributed by atoms with Crippen LogP contribution in [0, 0.1) is 17.3 Å². The van der Waals surface area contributed by atoms with E-state index in [2.05, 4.69) is 0 Å². The van der Waals surface area contributed by atoms with Gasteiger partial charge in [0.15, 0.2) is 5.75 Å². The molecule has 4 fully saturated rings. The van der Waals surface area contributed by atoms with Crippen LogP contribution in [0.4, 0.5) is 53.1 Å². The van der Waals surface area contributed by atoms with Crippen LogP contribution in [0.15, 0.2) is 36.4 Å². The number of hydrogen-bond acceptors (Lipinski definition) is 6. The van der Waals surface area contributed by atoms with E-state index in [1.165, 1.54) is 0 Å². The van der Waals surface area contributed by atoms with Gasteiger partial charge in [-0.3, -0.25) is 0 Å². The third kappa shape index (κ3) is 7.53. The summed E-state index contributed by atoms with van der Waals surface area (Å²) in [5.74, 6) is -8.05. The molecule has 17 heteroatoms. The fourth-order valence-electron chi connectivity index (χ4n) is 7.31. The number of alkyl halides is 11. The lowest BCUT2D eigenvalue weighted by Gasteiger charge is -2.60. The first-order chi connectivity index (χ1) is 21.5. The standard InChI is InChI=1S/C30H25F11O6/c1-25(31,32)23(42)44-14-26-9-15-6-16(10-26)12-27(11-15,13-26)47-24(43)46-19-4-2-18(3-5-19)45-22-20(29(36,37)38)7-17(28(33,34)35)8-21(22)30(39,40)41/h2-5,7-8,15-16H,6,9-14H2,1H3. The normalized spacial score (nSPS) is 25.8. The Hall–Kier alpha value is -3.79. The van der Waals surface area contributed by atoms with E-state index >= 15 is 0 Å². The van der Waals surface area contributed by atoms with Crippen LogP contribution < -0.4 is 9.47 Å². The first-order valence-electron chi connectivity index (χ1n) is 14.1. The average molecular weight is 691 g/mol. The van der Waals surface area contributed by atoms with Gasteiger partial charge in [0.25, 0.3) is 0 Å². The molecule has 2 aromatic rings. The molecule has 0 amide bonds. The van der Waals surface area contributed by atoms with E-state index in [1.807, 2.05) is 0 Å². The molecule has 258 valence electrons. The molecule has 0 aromatic heterocycles. The van der Waals surface area contributed by atoms with Crippen LogP contribution in [0.2, 0.25) is 0 Å². The summed E-state index contributed by atoms with van der Waals surface area (Å²) in [6, 6.07) is 2.58. The highest BCUT2D eigenvalue weighted by molar-refractivity contribution is 5.77. The summed E-state index contributed by atoms with van der Waals surface area (Å²) in [4.78, 5) is 24.5. The largest absolute Gasteiger partial charge is 0.514 e. The van der Waals surface area contributed by atoms with Gasteiger partial charge >= 0.3 is 36.6 Å². The Morgan fingerprint density at radius 3 is 1.74 bits per heavy atom. The minimum atomic E-state index is -5.66. The smallest absolute Gasteiger partial charge is 0.461 e. The van der Waals surface area contributed by atoms with E-state index in [9.17, 15) is 57.9 Å². The van der Waals surface area contributed by atoms with Crippen molar-refractivity contribution in [3.8, 4) is 17.2 Å². The fraction of sp³-hybridized carbons (Fsp3) is 0.533. The summed E-state index contributed by atoms with van der Waals surface area (Å²) in [6.45, 7) is 0.136. The Balaban J connectivity index is 1.30. The Labute approximate surface area is 259 Å². The van der Waals surface area contributed by atoms with Crippen molar-refractivity contribution in [3.63, 3.8) is 0 Å². The van der Waals surface area contributed by atoms with Crippen molar-refractivity contribution in [2.24, 2.45) is 17.3 Å². The van der Waals surface area contributed by atoms with Gasteiger partial charge in [0.05, 0.1) is 23.3 Å². The lowest BCUT2D eigenvalue weighted by molar-refractivity contribution is -0.199. The van der Waals surface area contributed by atoms with Gasteiger partial charge in [0.1, 0.15) is 17.1 Å². The molecule has 47 heavy (non-hydrogen) atoms. The Morgan fingerprint density at radius 2 is 1.28 bits per heavy atom. The molecule has 4 saturated carbocycles. The lowest BCUT2D eigenvalue weighted by atomic mass is 9.48. The van der Waals surface area contributed by atoms with Gasteiger partial charge in [-0.15, -0.1) is 0 Å². The molecular weight excluding hydrogens is 665 g/mol. The summed E-state index contributed by atoms with van der Waals surface area (Å²) in [7, 11) is 0. The summed E-state index contributed by atoms with van der Waals surface area (Å²) in [5.41, 5.74) is -8.53. The third-order valence-electron chi connectivity index (χ3n) is 8.57. The van der Waals surface area contributed by atoms with Crippen molar-refractivity contribution < 1.29 is 76.8 Å². The molecule has 6 nitrogen and oxygen atoms in total. The van der Waals surface area contributed by atoms with Gasteiger partial charge in [0, 0.05) is 12.3 Å². The molecule has 4 aliphatic carbocycles. The van der Waals surface area contributed by atoms with Gasteiger partial charge in [-0.2, -0.15) is 48.3 Å². The highest BCUT2D eigenvalue weighted by Gasteiger charge is 2.60. The molecule has 2 aromatic carbocycles. The molecule has 4 bridgehead atoms. The predicted octanol–water partition coefficient (Wildman–Crippen LogP) is 9.59. The van der Waals surface area contributed by atoms with Gasteiger partial charge in [0.2, 0.25) is 0 Å². The molecule has 0 heterocycles. The van der Waals surface area contributed by atoms with Gasteiger partial charge in [-0.1, -0.05) is 0 Å². The molecular formula is C30H25F11O6. The molecule has 2 atom stereocenters. The van der Waals surface area contributed by atoms with Crippen LogP contribution in [-0.2, 0) is 32.8 Å². The quantitative estimate of drug-likeness (QED) is 0.164. The molecule has 0 N–H and O–H groups in total. The maximum Gasteiger partial charge on any atom is 0.514 e. The van der Waals surface area contributed by atoms with E-state index in [0.717, 1.165) is 30.7 Å². The summed E-state index contributed by atoms with van der Waals surface area (Å²) in [5, 5.41) is 0. The number of benzene rings is 2. The lowest BCUT2D eigenvalue weighted by Crippen LogP contribution is -2.59. The molecule has 0 saturated heterocycles. The number of hydrogen-bond donors (Lipinski definition) is 0. The molecule has 0 radical (unpaired) electrons. The van der Waals surface area contributed by atoms with Gasteiger partial charge in [-0.25, -0.2) is 9.59 Å². The zero-order valence-corrected chi connectivity index (χ0v) is 24.2. The summed E-state index contributed by atoms with van der Waals surface area (Å²) < 4.78 is 168. The van der Waals surface area contributed by atoms with Crippen LogP contribution >= 0.6 is 0 Å². The number of carbonyl (C=O) groups excluding carboxylic acids is 2. The predicted molar refractivity (Wildman–Crippen MR) is 136 cm³/mol. The van der Waals surface area contributed by atoms with Gasteiger partial charge in [-0.05, 0) is 86.8 Å². The Morgan fingerprint density at radius 1 is 0.766 bits per heavy atom. The molecule has 0 aliphatic heterocycles. The number of carbonyl (C=O) groups is 2. The number of halogens is 11. The minimum Gasteiger partial charge on any atom is -0.461 e. The maximum atomic E-state index is 13.6. The average Bonchev–Trinajstić information content (AvgIpc) is 2.89. The van der Waals surface area contributed by atoms with E-state index in [1.54, 1.807) is 0 Å². The monoisotopic (exact) mass is 690 g/mol. The van der Waals surface area contributed by atoms with Crippen molar-refractivity contribution in [2.75, 3.05) is 6.61 Å². The van der Waals surface area contributed by atoms with Crippen LogP contribution in [0.1, 0.15) is 62.1 Å². The minimum absolute atomic E-state index is 0.0645. The van der Waals surface area contributed by atoms with Crippen LogP contribution in [0.25, 0.3) is 0 Å². The molecule has 2 unspecified atom stereocenters. The summed E-state index contributed by atoms with van der Waals surface area (Å²) in [6.07, 6.45) is -15.0. The second-order valence-electron chi connectivity index (χ2n) is 12.5. The zero-order valence-electron chi connectivity index (χ0n) is 24.2. The van der Waals surface area contributed by atoms with Crippen molar-refractivity contribution in [1.29, 1.82) is 0 Å². The summed E-state index contributed by atoms with van der Waals surface area (Å²) >= 11 is 0. The van der Waals surface area contributed by atoms with Crippen molar-refractivity contribution in [2.45, 2.75) is 75.5 Å². The Bertz CT molecular complexity index is 1470. The number of esters is 1. The number of rotatable bonds is 7. The first kappa shape index (κ1) is 34.5. The van der Waals surface area contributed by atoms with E-state index in [-0.39, 0.29) is 30.6 Å². The van der Waals surface area contributed by atoms with E-state index < -0.39 is 87.9 Å². The Kier molecular flexibility index (Phi) is 8.40. The van der Waals surface area contributed by atoms with Crippen LogP contribution in [0.3, 0.4) is 0 Å². The molecule has 0 spiro atoms. The highest BCUT2D eigenvalue weighted by atomic mass is 19.4. The topological polar surface area (TPSA) is 71.1 Å². The maximum absolute atomic E-state index is 13.6. The third-order valence-corrected chi connectivity index (χ3v) is 8.57. The van der Waals surface area contributed by atoms with Crippen LogP contribution in [0.5, 0.6) is 17.2 Å². The molecule has 4 aliphatic rings. The zero-order chi connectivity index (χ0) is 34.8. The van der Waals surface area contributed by atoms with Crippen LogP contribution in [-0.4, -0.2) is 30.3 Å². The first-order valence-corrected chi connectivity index (χ1v) is 14.1. The molecule has 6 rings (SSSR count). The fourth-order valence-corrected chi connectivity index (χ4v) is 7.31. The van der Waals surface area contributed by atoms with Crippen molar-refractivity contribution >= 4 is 12.1 Å². The second kappa shape index (κ2) is 11.4. The van der Waals surface area contributed by atoms with Gasteiger partial charge < -0.3 is 18.9 Å². The van der Waals surface area contributed by atoms with Crippen molar-refractivity contribution in [3.05, 3.63) is 53.1 Å². The number of ether oxygens (including phenoxy) is 4. The SMILES string of the molecule is CC(F)(F)C(=O)OCC12CC3CC(C1)CC(OC(=O)Oc1ccc(Oc4c(C(F)(F)F)cc(C(F)(F)F)cc4C(F)(F)F)cc1)(C3)C2. The van der Waals surface area contributed by atoms with E-state index in [0.29, 0.717) is 32.6 Å². The second-order valence-corrected chi connectivity index (χ2v) is 12.5. The van der Waals surface area contributed by atoms with E-state index in [4.69, 9.17) is 18.9 Å². The van der Waals surface area contributed by atoms with Crippen molar-refractivity contribution in [1.82, 2.24) is 0 Å².